The number of nitrogens with one attached hydrogen (secondary N) is 1. The van der Waals surface area contributed by atoms with Crippen molar-refractivity contribution >= 4 is 5.91 Å². The van der Waals surface area contributed by atoms with Crippen LogP contribution >= 0.6 is 0 Å². The second-order valence-electron chi connectivity index (χ2n) is 5.70. The molecule has 2 aromatic rings. The molecule has 0 spiro atoms. The Kier molecular flexibility index (Phi) is 5.12. The lowest BCUT2D eigenvalue weighted by Crippen LogP contribution is -3.14. The quantitative estimate of drug-likeness (QED) is 0.832. The van der Waals surface area contributed by atoms with E-state index in [1.165, 1.54) is 21.6 Å². The van der Waals surface area contributed by atoms with Crippen LogP contribution in [0.1, 0.15) is 19.4 Å². The van der Waals surface area contributed by atoms with Gasteiger partial charge in [0.25, 0.3) is 5.91 Å². The molecule has 0 saturated heterocycles. The molecular weight excluding hydrogens is 260 g/mol. The van der Waals surface area contributed by atoms with Crippen LogP contribution in [0.15, 0.2) is 54.6 Å². The first-order chi connectivity index (χ1) is 10.1. The van der Waals surface area contributed by atoms with Gasteiger partial charge in [0.15, 0.2) is 6.54 Å². The molecule has 3 heteroatoms. The lowest BCUT2D eigenvalue weighted by atomic mass is 10.0. The minimum absolute atomic E-state index is 0.250. The predicted molar refractivity (Wildman–Crippen MR) is 85.7 cm³/mol. The zero-order chi connectivity index (χ0) is 15.2. The molecule has 21 heavy (non-hydrogen) atoms. The summed E-state index contributed by atoms with van der Waals surface area (Å²) in [7, 11) is 0. The third-order valence-electron chi connectivity index (χ3n) is 3.71. The SMILES string of the molecule is CC(C)[NH+](CC(N)=O)Cc1ccc(-c2ccccc2)cc1. The van der Waals surface area contributed by atoms with Crippen LogP contribution < -0.4 is 10.6 Å². The van der Waals surface area contributed by atoms with Crippen LogP contribution in [0.4, 0.5) is 0 Å². The maximum atomic E-state index is 11.1. The molecule has 0 aliphatic rings. The second kappa shape index (κ2) is 7.04. The Morgan fingerprint density at radius 2 is 1.57 bits per heavy atom. The summed E-state index contributed by atoms with van der Waals surface area (Å²) in [5.41, 5.74) is 8.97. The van der Waals surface area contributed by atoms with Gasteiger partial charge in [-0.3, -0.25) is 4.79 Å². The maximum Gasteiger partial charge on any atom is 0.272 e. The molecule has 0 bridgehead atoms. The fourth-order valence-electron chi connectivity index (χ4n) is 2.40. The van der Waals surface area contributed by atoms with Gasteiger partial charge in [-0.1, -0.05) is 54.6 Å². The lowest BCUT2D eigenvalue weighted by Gasteiger charge is -2.22. The molecule has 2 aromatic carbocycles. The van der Waals surface area contributed by atoms with Crippen molar-refractivity contribution in [3.05, 3.63) is 60.2 Å². The van der Waals surface area contributed by atoms with Gasteiger partial charge in [0.1, 0.15) is 6.54 Å². The molecule has 110 valence electrons. The van der Waals surface area contributed by atoms with Crippen LogP contribution in [0.25, 0.3) is 11.1 Å². The number of amides is 1. The van der Waals surface area contributed by atoms with E-state index in [0.717, 1.165) is 6.54 Å². The molecule has 0 heterocycles. The van der Waals surface area contributed by atoms with Crippen molar-refractivity contribution in [3.63, 3.8) is 0 Å². The van der Waals surface area contributed by atoms with E-state index < -0.39 is 0 Å². The molecule has 0 aromatic heterocycles. The van der Waals surface area contributed by atoms with E-state index in [2.05, 4.69) is 50.2 Å². The number of carbonyl (C=O) groups is 1. The number of nitrogens with two attached hydrogens (primary N) is 1. The van der Waals surface area contributed by atoms with Gasteiger partial charge in [0.2, 0.25) is 0 Å². The van der Waals surface area contributed by atoms with Crippen LogP contribution in [0.2, 0.25) is 0 Å². The molecule has 0 saturated carbocycles. The minimum Gasteiger partial charge on any atom is -0.365 e. The Balaban J connectivity index is 2.10. The van der Waals surface area contributed by atoms with Crippen molar-refractivity contribution in [3.8, 4) is 11.1 Å². The Morgan fingerprint density at radius 3 is 2.10 bits per heavy atom. The van der Waals surface area contributed by atoms with E-state index in [-0.39, 0.29) is 5.91 Å². The molecule has 0 radical (unpaired) electrons. The molecule has 1 atom stereocenters. The predicted octanol–water partition coefficient (Wildman–Crippen LogP) is 1.63. The number of hydrogen-bond donors (Lipinski definition) is 2. The molecule has 1 unspecified atom stereocenters. The third-order valence-corrected chi connectivity index (χ3v) is 3.71. The molecule has 3 nitrogen and oxygen atoms in total. The highest BCUT2D eigenvalue weighted by Gasteiger charge is 2.16. The van der Waals surface area contributed by atoms with Crippen LogP contribution in [-0.4, -0.2) is 18.5 Å². The van der Waals surface area contributed by atoms with Crippen LogP contribution in [0.5, 0.6) is 0 Å². The Bertz CT molecular complexity index is 576. The first kappa shape index (κ1) is 15.3. The van der Waals surface area contributed by atoms with Crippen molar-refractivity contribution in [2.75, 3.05) is 6.54 Å². The topological polar surface area (TPSA) is 47.5 Å². The van der Waals surface area contributed by atoms with Crippen LogP contribution in [0.3, 0.4) is 0 Å². The van der Waals surface area contributed by atoms with Gasteiger partial charge in [-0.05, 0) is 25.0 Å². The number of rotatable bonds is 6. The largest absolute Gasteiger partial charge is 0.365 e. The van der Waals surface area contributed by atoms with Gasteiger partial charge >= 0.3 is 0 Å². The molecule has 0 fully saturated rings. The smallest absolute Gasteiger partial charge is 0.272 e. The average molecular weight is 283 g/mol. The fraction of sp³-hybridized carbons (Fsp3) is 0.278. The Hall–Kier alpha value is -2.13. The van der Waals surface area contributed by atoms with Crippen LogP contribution in [-0.2, 0) is 11.3 Å². The summed E-state index contributed by atoms with van der Waals surface area (Å²) in [5.74, 6) is -0.250. The number of carbonyl (C=O) groups excluding carboxylic acids is 1. The highest BCUT2D eigenvalue weighted by Crippen LogP contribution is 2.18. The Morgan fingerprint density at radius 1 is 1.00 bits per heavy atom. The van der Waals surface area contributed by atoms with Gasteiger partial charge < -0.3 is 10.6 Å². The minimum atomic E-state index is -0.250. The second-order valence-corrected chi connectivity index (χ2v) is 5.70. The van der Waals surface area contributed by atoms with Gasteiger partial charge in [-0.15, -0.1) is 0 Å². The standard InChI is InChI=1S/C18H22N2O/c1-14(2)20(13-18(19)21)12-15-8-10-17(11-9-15)16-6-4-3-5-7-16/h3-11,14H,12-13H2,1-2H3,(H2,19,21)/p+1. The van der Waals surface area contributed by atoms with Crippen molar-refractivity contribution in [1.29, 1.82) is 0 Å². The number of benzene rings is 2. The number of primary amides is 1. The summed E-state index contributed by atoms with van der Waals surface area (Å²) >= 11 is 0. The van der Waals surface area contributed by atoms with Crippen molar-refractivity contribution in [1.82, 2.24) is 0 Å². The average Bonchev–Trinajstić information content (AvgIpc) is 2.48. The van der Waals surface area contributed by atoms with Gasteiger partial charge in [-0.25, -0.2) is 0 Å². The normalized spacial score (nSPS) is 12.3. The first-order valence-corrected chi connectivity index (χ1v) is 7.33. The van der Waals surface area contributed by atoms with Gasteiger partial charge in [0, 0.05) is 5.56 Å². The molecule has 2 rings (SSSR count). The highest BCUT2D eigenvalue weighted by molar-refractivity contribution is 5.74. The van der Waals surface area contributed by atoms with E-state index >= 15 is 0 Å². The zero-order valence-electron chi connectivity index (χ0n) is 12.7. The summed E-state index contributed by atoms with van der Waals surface area (Å²) in [6.45, 7) is 5.40. The number of hydrogen-bond acceptors (Lipinski definition) is 1. The molecular formula is C18H23N2O+. The summed E-state index contributed by atoms with van der Waals surface area (Å²) in [5, 5.41) is 0. The summed E-state index contributed by atoms with van der Waals surface area (Å²) in [6.07, 6.45) is 0. The molecule has 0 aliphatic carbocycles. The fourth-order valence-corrected chi connectivity index (χ4v) is 2.40. The Labute approximate surface area is 126 Å². The van der Waals surface area contributed by atoms with Crippen molar-refractivity contribution in [2.45, 2.75) is 26.4 Å². The third kappa shape index (κ3) is 4.43. The first-order valence-electron chi connectivity index (χ1n) is 7.33. The number of quaternary nitrogens is 1. The van der Waals surface area contributed by atoms with Gasteiger partial charge in [-0.2, -0.15) is 0 Å². The van der Waals surface area contributed by atoms with Crippen LogP contribution in [0, 0.1) is 0 Å². The summed E-state index contributed by atoms with van der Waals surface area (Å²) in [4.78, 5) is 12.3. The van der Waals surface area contributed by atoms with E-state index in [9.17, 15) is 4.79 Å². The maximum absolute atomic E-state index is 11.1. The highest BCUT2D eigenvalue weighted by atomic mass is 16.1. The molecule has 1 amide bonds. The lowest BCUT2D eigenvalue weighted by molar-refractivity contribution is -0.927. The van der Waals surface area contributed by atoms with E-state index in [0.29, 0.717) is 12.6 Å². The molecule has 0 aliphatic heterocycles. The molecule has 3 N–H and O–H groups in total. The summed E-state index contributed by atoms with van der Waals surface area (Å²) < 4.78 is 0. The van der Waals surface area contributed by atoms with Crippen molar-refractivity contribution < 1.29 is 9.69 Å². The summed E-state index contributed by atoms with van der Waals surface area (Å²) in [6, 6.07) is 19.2. The van der Waals surface area contributed by atoms with E-state index in [1.807, 2.05) is 18.2 Å². The monoisotopic (exact) mass is 283 g/mol. The van der Waals surface area contributed by atoms with Crippen molar-refractivity contribution in [2.24, 2.45) is 5.73 Å². The van der Waals surface area contributed by atoms with Gasteiger partial charge in [0.05, 0.1) is 6.04 Å². The van der Waals surface area contributed by atoms with E-state index in [1.54, 1.807) is 0 Å². The zero-order valence-corrected chi connectivity index (χ0v) is 12.7. The van der Waals surface area contributed by atoms with E-state index in [4.69, 9.17) is 5.73 Å².